The molecule has 4 nitrogen and oxygen atoms in total. The zero-order chi connectivity index (χ0) is 31.6. The van der Waals surface area contributed by atoms with E-state index in [1.807, 2.05) is 0 Å². The lowest BCUT2D eigenvalue weighted by Gasteiger charge is -2.24. The molecule has 3 heterocycles. The third-order valence-corrected chi connectivity index (χ3v) is 11.4. The van der Waals surface area contributed by atoms with E-state index in [2.05, 4.69) is 141 Å². The van der Waals surface area contributed by atoms with Crippen molar-refractivity contribution >= 4 is 44.8 Å². The van der Waals surface area contributed by atoms with E-state index in [0.717, 1.165) is 37.0 Å². The fraction of sp³-hybridized carbons (Fsp3) is 0.250. The molecule has 0 aliphatic heterocycles. The lowest BCUT2D eigenvalue weighted by Crippen LogP contribution is -2.12. The lowest BCUT2D eigenvalue weighted by molar-refractivity contribution is 0.438. The Balaban J connectivity index is 1.17. The number of para-hydroxylation sites is 3. The molecule has 4 aromatic carbocycles. The smallest absolute Gasteiger partial charge is 0.216 e. The molecule has 4 heteroatoms. The summed E-state index contributed by atoms with van der Waals surface area (Å²) < 4.78 is 7.58. The molecule has 0 spiro atoms. The van der Waals surface area contributed by atoms with Gasteiger partial charge in [0.05, 0.1) is 27.6 Å². The second-order valence-electron chi connectivity index (χ2n) is 14.1. The molecule has 3 atom stereocenters. The average Bonchev–Trinajstić information content (AvgIpc) is 3.73. The highest BCUT2D eigenvalue weighted by Crippen LogP contribution is 2.45. The van der Waals surface area contributed by atoms with Crippen molar-refractivity contribution in [2.75, 3.05) is 0 Å². The van der Waals surface area contributed by atoms with Crippen LogP contribution in [-0.4, -0.2) is 18.5 Å². The number of fused-ring (bicyclic) bond motifs is 8. The zero-order valence-corrected chi connectivity index (χ0v) is 27.3. The van der Waals surface area contributed by atoms with Crippen LogP contribution in [0.2, 0.25) is 0 Å². The van der Waals surface area contributed by atoms with E-state index in [9.17, 15) is 0 Å². The number of nitrogens with zero attached hydrogens (tertiary/aromatic N) is 4. The maximum Gasteiger partial charge on any atom is 0.216 e. The Morgan fingerprint density at radius 2 is 1.48 bits per heavy atom. The molecule has 236 valence electrons. The van der Waals surface area contributed by atoms with Gasteiger partial charge in [-0.15, -0.1) is 0 Å². The first-order chi connectivity index (χ1) is 23.8. The Morgan fingerprint density at radius 3 is 2.38 bits per heavy atom. The zero-order valence-electron chi connectivity index (χ0n) is 27.3. The maximum atomic E-state index is 5.36. The molecular weight excluding hydrogens is 585 g/mol. The largest absolute Gasteiger partial charge is 0.313 e. The van der Waals surface area contributed by atoms with Crippen molar-refractivity contribution in [2.45, 2.75) is 63.3 Å². The highest BCUT2D eigenvalue weighted by molar-refractivity contribution is 5.95. The van der Waals surface area contributed by atoms with Crippen LogP contribution in [0, 0.1) is 5.92 Å². The van der Waals surface area contributed by atoms with Gasteiger partial charge >= 0.3 is 0 Å². The quantitative estimate of drug-likeness (QED) is 0.179. The fourth-order valence-electron chi connectivity index (χ4n) is 9.25. The van der Waals surface area contributed by atoms with Crippen LogP contribution in [0.5, 0.6) is 0 Å². The summed E-state index contributed by atoms with van der Waals surface area (Å²) in [6.07, 6.45) is 21.1. The Hall–Kier alpha value is -5.09. The predicted molar refractivity (Wildman–Crippen MR) is 199 cm³/mol. The summed E-state index contributed by atoms with van der Waals surface area (Å²) in [5.74, 6) is 2.15. The van der Waals surface area contributed by atoms with Crippen LogP contribution in [-0.2, 0) is 6.42 Å². The fourth-order valence-corrected chi connectivity index (χ4v) is 9.25. The third-order valence-electron chi connectivity index (χ3n) is 11.4. The average molecular weight is 625 g/mol. The normalized spacial score (nSPS) is 21.2. The SMILES string of the molecule is C1=CC(C2CCC(n3c4ccc(-n5c6c(c7ccccc75)C=CCC6)cc4n4c5ccccc5nc34)CC(c3ccccc3)C2)=CCC1. The van der Waals surface area contributed by atoms with Crippen LogP contribution in [0.25, 0.3) is 50.5 Å². The molecule has 1 fully saturated rings. The van der Waals surface area contributed by atoms with Gasteiger partial charge in [-0.3, -0.25) is 4.40 Å². The van der Waals surface area contributed by atoms with Gasteiger partial charge in [-0.25, -0.2) is 4.98 Å². The number of benzene rings is 4. The summed E-state index contributed by atoms with van der Waals surface area (Å²) in [5, 5.41) is 1.34. The van der Waals surface area contributed by atoms with E-state index in [1.165, 1.54) is 75.6 Å². The molecule has 10 rings (SSSR count). The molecule has 1 saturated carbocycles. The van der Waals surface area contributed by atoms with Crippen molar-refractivity contribution in [1.82, 2.24) is 18.5 Å². The van der Waals surface area contributed by atoms with Crippen molar-refractivity contribution < 1.29 is 0 Å². The molecule has 7 aromatic rings. The maximum absolute atomic E-state index is 5.36. The second kappa shape index (κ2) is 11.3. The summed E-state index contributed by atoms with van der Waals surface area (Å²) in [6, 6.07) is 36.4. The molecular formula is C44H40N4. The number of rotatable bonds is 4. The molecule has 3 aliphatic rings. The van der Waals surface area contributed by atoms with Crippen LogP contribution in [0.4, 0.5) is 0 Å². The number of imidazole rings is 2. The summed E-state index contributed by atoms with van der Waals surface area (Å²) in [4.78, 5) is 5.36. The van der Waals surface area contributed by atoms with Gasteiger partial charge in [-0.05, 0) is 111 Å². The number of allylic oxidation sites excluding steroid dienone is 5. The number of hydrogen-bond acceptors (Lipinski definition) is 1. The summed E-state index contributed by atoms with van der Waals surface area (Å²) >= 11 is 0. The van der Waals surface area contributed by atoms with Crippen LogP contribution in [0.1, 0.15) is 73.7 Å². The first kappa shape index (κ1) is 28.0. The van der Waals surface area contributed by atoms with Crippen LogP contribution < -0.4 is 0 Å². The molecule has 0 bridgehead atoms. The van der Waals surface area contributed by atoms with Crippen LogP contribution in [0.15, 0.2) is 127 Å². The van der Waals surface area contributed by atoms with Gasteiger partial charge in [-0.1, -0.05) is 91.0 Å². The predicted octanol–water partition coefficient (Wildman–Crippen LogP) is 11.1. The highest BCUT2D eigenvalue weighted by atomic mass is 15.2. The third kappa shape index (κ3) is 4.38. The lowest BCUT2D eigenvalue weighted by atomic mass is 9.82. The Labute approximate surface area is 281 Å². The topological polar surface area (TPSA) is 27.2 Å². The van der Waals surface area contributed by atoms with Gasteiger partial charge in [0.2, 0.25) is 5.78 Å². The summed E-state index contributed by atoms with van der Waals surface area (Å²) in [5.41, 5.74) is 13.1. The van der Waals surface area contributed by atoms with Crippen LogP contribution >= 0.6 is 0 Å². The van der Waals surface area contributed by atoms with E-state index in [4.69, 9.17) is 4.98 Å². The highest BCUT2D eigenvalue weighted by Gasteiger charge is 2.32. The Morgan fingerprint density at radius 1 is 0.646 bits per heavy atom. The minimum absolute atomic E-state index is 0.348. The minimum Gasteiger partial charge on any atom is -0.313 e. The van der Waals surface area contributed by atoms with E-state index in [1.54, 1.807) is 5.57 Å². The molecule has 3 aliphatic carbocycles. The van der Waals surface area contributed by atoms with E-state index < -0.39 is 0 Å². The van der Waals surface area contributed by atoms with E-state index >= 15 is 0 Å². The van der Waals surface area contributed by atoms with Gasteiger partial charge < -0.3 is 9.13 Å². The summed E-state index contributed by atoms with van der Waals surface area (Å²) in [7, 11) is 0. The minimum atomic E-state index is 0.348. The molecule has 0 radical (unpaired) electrons. The van der Waals surface area contributed by atoms with Crippen molar-refractivity contribution in [1.29, 1.82) is 0 Å². The summed E-state index contributed by atoms with van der Waals surface area (Å²) in [6.45, 7) is 0. The molecule has 0 amide bonds. The van der Waals surface area contributed by atoms with Gasteiger partial charge in [0.25, 0.3) is 0 Å². The molecule has 0 saturated heterocycles. The molecule has 3 aromatic heterocycles. The van der Waals surface area contributed by atoms with Gasteiger partial charge in [0, 0.05) is 28.4 Å². The number of aromatic nitrogens is 4. The second-order valence-corrected chi connectivity index (χ2v) is 14.1. The van der Waals surface area contributed by atoms with Crippen molar-refractivity contribution in [3.63, 3.8) is 0 Å². The molecule has 3 unspecified atom stereocenters. The monoisotopic (exact) mass is 624 g/mol. The molecule has 48 heavy (non-hydrogen) atoms. The number of hydrogen-bond donors (Lipinski definition) is 0. The first-order valence-electron chi connectivity index (χ1n) is 17.9. The van der Waals surface area contributed by atoms with Gasteiger partial charge in [0.1, 0.15) is 0 Å². The Bertz CT molecular complexity index is 2430. The van der Waals surface area contributed by atoms with E-state index in [0.29, 0.717) is 17.9 Å². The molecule has 0 N–H and O–H groups in total. The first-order valence-corrected chi connectivity index (χ1v) is 17.9. The van der Waals surface area contributed by atoms with Crippen molar-refractivity contribution in [3.05, 3.63) is 144 Å². The van der Waals surface area contributed by atoms with Crippen molar-refractivity contribution in [2.24, 2.45) is 5.92 Å². The van der Waals surface area contributed by atoms with Gasteiger partial charge in [-0.2, -0.15) is 0 Å². The standard InChI is InChI=1S/C44H40N4/c1-3-13-30(14-4-1)32-23-24-34(28-33(27-32)31-15-5-2-6-16-31)47-42-26-25-35(29-43(42)48-41-22-12-9-19-38(41)45-44(47)48)46-39-20-10-7-17-36(39)37-18-8-11-21-40(37)46/h2-3,5-10,12-20,22,25-26,29,32-34H,1,4,11,21,23-24,27-28H2. The van der Waals surface area contributed by atoms with E-state index in [-0.39, 0.29) is 0 Å². The Kier molecular flexibility index (Phi) is 6.56. The van der Waals surface area contributed by atoms with Crippen molar-refractivity contribution in [3.8, 4) is 5.69 Å². The van der Waals surface area contributed by atoms with Gasteiger partial charge in [0.15, 0.2) is 0 Å². The van der Waals surface area contributed by atoms with Crippen LogP contribution in [0.3, 0.4) is 0 Å².